The van der Waals surface area contributed by atoms with Gasteiger partial charge < -0.3 is 9.80 Å². The Hall–Kier alpha value is -9.76. The third kappa shape index (κ3) is 8.27. The molecule has 6 aromatic carbocycles. The Balaban J connectivity index is 1.05. The molecule has 0 unspecified atom stereocenters. The van der Waals surface area contributed by atoms with E-state index in [0.717, 1.165) is 87.1 Å². The molecule has 0 spiro atoms. The molecule has 12 nitrogen and oxygen atoms in total. The van der Waals surface area contributed by atoms with Crippen molar-refractivity contribution >= 4 is 57.6 Å². The maximum Gasteiger partial charge on any atom is 0.182 e. The standard InChI is InChI=1S/C62H38N12S2/c1-5-23-53-47(19-1)73(48-20-2-6-24-54(48)75-53)51-35-39(57-67-59(41-15-13-31-63-37-41)71-61(69-57)45-17-9-11-33-65-45)27-29-43(51)44-30-28-40(36-52(44)74-49-21-3-7-25-55(49)76-56-26-8-4-22-50(56)74)58-68-60(42-16-14-32-64-38-42)72-62(70-58)46-18-10-12-34-66-46/h1-38H. The van der Waals surface area contributed by atoms with Crippen LogP contribution in [0, 0.1) is 0 Å². The van der Waals surface area contributed by atoms with E-state index in [9.17, 15) is 0 Å². The third-order valence-electron chi connectivity index (χ3n) is 13.0. The fourth-order valence-corrected chi connectivity index (χ4v) is 11.7. The molecule has 358 valence electrons. The Labute approximate surface area is 445 Å². The summed E-state index contributed by atoms with van der Waals surface area (Å²) in [7, 11) is 0. The first-order valence-electron chi connectivity index (χ1n) is 24.4. The minimum absolute atomic E-state index is 0.453. The highest BCUT2D eigenvalue weighted by atomic mass is 32.2. The molecule has 76 heavy (non-hydrogen) atoms. The summed E-state index contributed by atoms with van der Waals surface area (Å²) in [6, 6.07) is 66.5. The minimum atomic E-state index is 0.453. The normalized spacial score (nSPS) is 12.3. The Morgan fingerprint density at radius 2 is 0.632 bits per heavy atom. The van der Waals surface area contributed by atoms with Crippen molar-refractivity contribution < 1.29 is 0 Å². The summed E-state index contributed by atoms with van der Waals surface area (Å²) in [4.78, 5) is 58.0. The van der Waals surface area contributed by atoms with Crippen LogP contribution in [0.1, 0.15) is 0 Å². The highest BCUT2D eigenvalue weighted by Crippen LogP contribution is 2.57. The maximum absolute atomic E-state index is 5.17. The monoisotopic (exact) mass is 1010 g/mol. The Bertz CT molecular complexity index is 3680. The van der Waals surface area contributed by atoms with Crippen LogP contribution in [0.5, 0.6) is 0 Å². The van der Waals surface area contributed by atoms with Gasteiger partial charge in [0, 0.05) is 90.1 Å². The predicted molar refractivity (Wildman–Crippen MR) is 300 cm³/mol. The van der Waals surface area contributed by atoms with Crippen LogP contribution in [0.2, 0.25) is 0 Å². The molecule has 0 N–H and O–H groups in total. The van der Waals surface area contributed by atoms with E-state index in [0.29, 0.717) is 46.3 Å². The molecule has 0 bridgehead atoms. The molecule has 0 aliphatic carbocycles. The lowest BCUT2D eigenvalue weighted by Crippen LogP contribution is -2.18. The van der Waals surface area contributed by atoms with Crippen molar-refractivity contribution in [1.29, 1.82) is 0 Å². The number of anilines is 6. The number of aromatic nitrogens is 10. The van der Waals surface area contributed by atoms with Crippen molar-refractivity contribution in [3.05, 3.63) is 231 Å². The smallest absolute Gasteiger partial charge is 0.182 e. The highest BCUT2D eigenvalue weighted by molar-refractivity contribution is 8.00. The fraction of sp³-hybridized carbons (Fsp3) is 0. The van der Waals surface area contributed by atoms with Gasteiger partial charge in [-0.25, -0.2) is 29.9 Å². The lowest BCUT2D eigenvalue weighted by atomic mass is 9.95. The fourth-order valence-electron chi connectivity index (χ4n) is 9.57. The van der Waals surface area contributed by atoms with E-state index >= 15 is 0 Å². The SMILES string of the molecule is c1ccc(-c2nc(-c3cccnc3)nc(-c3ccc(-c4ccc(-c5nc(-c6cccnc6)nc(-c6ccccn6)n5)cc4N4c5ccccc5Sc5ccccc54)c(N4c5ccccc5Sc5ccccc54)c3)n2)nc1. The number of nitrogens with zero attached hydrogens (tertiary/aromatic N) is 12. The van der Waals surface area contributed by atoms with Crippen LogP contribution in [0.25, 0.3) is 79.7 Å². The second kappa shape index (κ2) is 19.3. The molecule has 14 rings (SSSR count). The molecular weight excluding hydrogens is 977 g/mol. The number of hydrogen-bond acceptors (Lipinski definition) is 14. The molecule has 2 aliphatic rings. The van der Waals surface area contributed by atoms with E-state index < -0.39 is 0 Å². The predicted octanol–water partition coefficient (Wildman–Crippen LogP) is 15.2. The Morgan fingerprint density at radius 1 is 0.276 bits per heavy atom. The van der Waals surface area contributed by atoms with E-state index in [1.165, 1.54) is 0 Å². The molecule has 8 heterocycles. The van der Waals surface area contributed by atoms with Gasteiger partial charge in [-0.1, -0.05) is 108 Å². The molecular formula is C62H38N12S2. The van der Waals surface area contributed by atoms with Crippen LogP contribution in [-0.2, 0) is 0 Å². The van der Waals surface area contributed by atoms with Crippen LogP contribution < -0.4 is 9.80 Å². The number of benzene rings is 6. The largest absolute Gasteiger partial charge is 0.308 e. The van der Waals surface area contributed by atoms with Gasteiger partial charge in [0.15, 0.2) is 34.9 Å². The molecule has 0 fully saturated rings. The Morgan fingerprint density at radius 3 is 0.987 bits per heavy atom. The van der Waals surface area contributed by atoms with E-state index in [1.54, 1.807) is 60.7 Å². The lowest BCUT2D eigenvalue weighted by molar-refractivity contribution is 1.05. The van der Waals surface area contributed by atoms with Gasteiger partial charge in [-0.3, -0.25) is 19.9 Å². The quantitative estimate of drug-likeness (QED) is 0.136. The van der Waals surface area contributed by atoms with Crippen molar-refractivity contribution in [2.45, 2.75) is 19.6 Å². The molecule has 14 heteroatoms. The first-order valence-corrected chi connectivity index (χ1v) is 26.1. The second-order valence-corrected chi connectivity index (χ2v) is 19.9. The molecule has 0 amide bonds. The molecule has 2 aliphatic heterocycles. The van der Waals surface area contributed by atoms with Crippen molar-refractivity contribution in [2.24, 2.45) is 0 Å². The van der Waals surface area contributed by atoms with Gasteiger partial charge >= 0.3 is 0 Å². The Kier molecular flexibility index (Phi) is 11.4. The molecule has 12 aromatic rings. The maximum atomic E-state index is 5.17. The lowest BCUT2D eigenvalue weighted by Gasteiger charge is -2.36. The van der Waals surface area contributed by atoms with Crippen LogP contribution in [0.3, 0.4) is 0 Å². The molecule has 6 aromatic heterocycles. The van der Waals surface area contributed by atoms with E-state index in [2.05, 4.69) is 163 Å². The minimum Gasteiger partial charge on any atom is -0.308 e. The summed E-state index contributed by atoms with van der Waals surface area (Å²) in [6.45, 7) is 0. The number of hydrogen-bond donors (Lipinski definition) is 0. The summed E-state index contributed by atoms with van der Waals surface area (Å²) in [5.74, 6) is 2.87. The van der Waals surface area contributed by atoms with E-state index in [1.807, 2.05) is 60.7 Å². The van der Waals surface area contributed by atoms with Gasteiger partial charge in [0.2, 0.25) is 0 Å². The molecule has 0 radical (unpaired) electrons. The van der Waals surface area contributed by atoms with E-state index in [-0.39, 0.29) is 0 Å². The highest BCUT2D eigenvalue weighted by Gasteiger charge is 2.32. The second-order valence-electron chi connectivity index (χ2n) is 17.7. The summed E-state index contributed by atoms with van der Waals surface area (Å²) in [5, 5.41) is 0. The number of pyridine rings is 4. The first kappa shape index (κ1) is 44.9. The number of rotatable bonds is 9. The van der Waals surface area contributed by atoms with Gasteiger partial charge in [0.25, 0.3) is 0 Å². The van der Waals surface area contributed by atoms with Crippen LogP contribution in [-0.4, -0.2) is 49.8 Å². The van der Waals surface area contributed by atoms with Gasteiger partial charge in [0.05, 0.1) is 34.1 Å². The van der Waals surface area contributed by atoms with Crippen molar-refractivity contribution in [3.63, 3.8) is 0 Å². The number of fused-ring (bicyclic) bond motifs is 4. The average Bonchev–Trinajstić information content (AvgIpc) is 3.58. The zero-order valence-corrected chi connectivity index (χ0v) is 41.8. The summed E-state index contributed by atoms with van der Waals surface area (Å²) in [5.41, 5.74) is 12.3. The molecule has 0 atom stereocenters. The van der Waals surface area contributed by atoms with Crippen LogP contribution >= 0.6 is 23.5 Å². The number of para-hydroxylation sites is 4. The van der Waals surface area contributed by atoms with Crippen LogP contribution in [0.15, 0.2) is 251 Å². The van der Waals surface area contributed by atoms with Gasteiger partial charge in [0.1, 0.15) is 11.4 Å². The van der Waals surface area contributed by atoms with Crippen molar-refractivity contribution in [2.75, 3.05) is 9.80 Å². The summed E-state index contributed by atoms with van der Waals surface area (Å²) in [6.07, 6.45) is 10.5. The van der Waals surface area contributed by atoms with Gasteiger partial charge in [-0.2, -0.15) is 0 Å². The van der Waals surface area contributed by atoms with E-state index in [4.69, 9.17) is 29.9 Å². The van der Waals surface area contributed by atoms with Crippen molar-refractivity contribution in [1.82, 2.24) is 49.8 Å². The third-order valence-corrected chi connectivity index (χ3v) is 15.3. The topological polar surface area (TPSA) is 135 Å². The van der Waals surface area contributed by atoms with Crippen molar-refractivity contribution in [3.8, 4) is 79.7 Å². The average molecular weight is 1020 g/mol. The zero-order valence-electron chi connectivity index (χ0n) is 40.1. The summed E-state index contributed by atoms with van der Waals surface area (Å²) >= 11 is 3.53. The van der Waals surface area contributed by atoms with Crippen LogP contribution in [0.4, 0.5) is 34.1 Å². The molecule has 0 saturated heterocycles. The van der Waals surface area contributed by atoms with Gasteiger partial charge in [-0.05, 0) is 109 Å². The van der Waals surface area contributed by atoms with Gasteiger partial charge in [-0.15, -0.1) is 0 Å². The summed E-state index contributed by atoms with van der Waals surface area (Å²) < 4.78 is 0. The zero-order chi connectivity index (χ0) is 50.4. The first-order chi connectivity index (χ1) is 37.7. The molecule has 0 saturated carbocycles.